The van der Waals surface area contributed by atoms with Crippen LogP contribution in [-0.2, 0) is 14.1 Å². The summed E-state index contributed by atoms with van der Waals surface area (Å²) in [6, 6.07) is 0. The summed E-state index contributed by atoms with van der Waals surface area (Å²) in [5.74, 6) is -0.636. The van der Waals surface area contributed by atoms with E-state index in [1.54, 1.807) is 13.8 Å². The maximum absolute atomic E-state index is 10.7. The first kappa shape index (κ1) is 11.8. The second-order valence-electron chi connectivity index (χ2n) is 2.16. The molecule has 0 spiro atoms. The topological polar surface area (TPSA) is 76.0 Å². The van der Waals surface area contributed by atoms with Crippen LogP contribution in [0, 0.1) is 0 Å². The normalized spacial score (nSPS) is 12.7. The SMILES string of the molecule is CCOC(=O)C[PH](O)(O)OCC. The van der Waals surface area contributed by atoms with Gasteiger partial charge in [0.2, 0.25) is 0 Å². The summed E-state index contributed by atoms with van der Waals surface area (Å²) in [5, 5.41) is 0. The molecule has 0 saturated carbocycles. The minimum atomic E-state index is -3.78. The third kappa shape index (κ3) is 5.43. The van der Waals surface area contributed by atoms with Crippen molar-refractivity contribution in [1.82, 2.24) is 0 Å². The number of carbonyl (C=O) groups is 1. The maximum atomic E-state index is 10.7. The average molecular weight is 198 g/mol. The van der Waals surface area contributed by atoms with Crippen LogP contribution >= 0.6 is 7.94 Å². The molecule has 74 valence electrons. The van der Waals surface area contributed by atoms with Crippen LogP contribution in [0.4, 0.5) is 0 Å². The average Bonchev–Trinajstić information content (AvgIpc) is 1.85. The van der Waals surface area contributed by atoms with Crippen LogP contribution in [0.5, 0.6) is 0 Å². The van der Waals surface area contributed by atoms with Crippen molar-refractivity contribution in [2.24, 2.45) is 0 Å². The van der Waals surface area contributed by atoms with Crippen molar-refractivity contribution in [3.8, 4) is 0 Å². The van der Waals surface area contributed by atoms with Crippen LogP contribution in [-0.4, -0.2) is 35.1 Å². The number of esters is 1. The van der Waals surface area contributed by atoms with Gasteiger partial charge in [0, 0.05) is 0 Å². The van der Waals surface area contributed by atoms with E-state index in [0.717, 1.165) is 0 Å². The van der Waals surface area contributed by atoms with E-state index >= 15 is 0 Å². The minimum absolute atomic E-state index is 0.179. The van der Waals surface area contributed by atoms with Crippen molar-refractivity contribution in [2.45, 2.75) is 13.8 Å². The monoisotopic (exact) mass is 198 g/mol. The van der Waals surface area contributed by atoms with Crippen LogP contribution in [0.2, 0.25) is 0 Å². The Morgan fingerprint density at radius 3 is 2.33 bits per heavy atom. The molecule has 0 atom stereocenters. The van der Waals surface area contributed by atoms with Crippen molar-refractivity contribution in [3.63, 3.8) is 0 Å². The van der Waals surface area contributed by atoms with Crippen LogP contribution in [0.1, 0.15) is 13.8 Å². The van der Waals surface area contributed by atoms with E-state index in [4.69, 9.17) is 9.79 Å². The summed E-state index contributed by atoms with van der Waals surface area (Å²) in [4.78, 5) is 28.9. The first-order valence-corrected chi connectivity index (χ1v) is 5.77. The van der Waals surface area contributed by atoms with Crippen LogP contribution in [0.3, 0.4) is 0 Å². The van der Waals surface area contributed by atoms with E-state index in [1.807, 2.05) is 0 Å². The fourth-order valence-electron chi connectivity index (χ4n) is 0.682. The fraction of sp³-hybridized carbons (Fsp3) is 0.833. The summed E-state index contributed by atoms with van der Waals surface area (Å²) in [6.45, 7) is 3.68. The zero-order chi connectivity index (χ0) is 9.61. The van der Waals surface area contributed by atoms with Gasteiger partial charge < -0.3 is 0 Å². The molecule has 0 radical (unpaired) electrons. The van der Waals surface area contributed by atoms with E-state index < -0.39 is 20.1 Å². The Morgan fingerprint density at radius 2 is 1.92 bits per heavy atom. The Bertz CT molecular complexity index is 147. The Kier molecular flexibility index (Phi) is 5.33. The molecule has 5 nitrogen and oxygen atoms in total. The van der Waals surface area contributed by atoms with Crippen LogP contribution < -0.4 is 0 Å². The first-order chi connectivity index (χ1) is 5.52. The van der Waals surface area contributed by atoms with Gasteiger partial charge in [-0.2, -0.15) is 0 Å². The summed E-state index contributed by atoms with van der Waals surface area (Å²) in [6.07, 6.45) is -0.436. The molecule has 2 N–H and O–H groups in total. The molecule has 0 rings (SSSR count). The second-order valence-corrected chi connectivity index (χ2v) is 4.29. The Labute approximate surface area is 71.9 Å². The predicted molar refractivity (Wildman–Crippen MR) is 45.9 cm³/mol. The van der Waals surface area contributed by atoms with Gasteiger partial charge in [0.1, 0.15) is 0 Å². The predicted octanol–water partition coefficient (Wildman–Crippen LogP) is 0.0655. The third-order valence-electron chi connectivity index (χ3n) is 1.06. The van der Waals surface area contributed by atoms with Gasteiger partial charge >= 0.3 is 71.0 Å². The molecule has 0 fully saturated rings. The van der Waals surface area contributed by atoms with E-state index in [9.17, 15) is 4.79 Å². The van der Waals surface area contributed by atoms with Gasteiger partial charge in [0.15, 0.2) is 0 Å². The molecule has 0 aliphatic rings. The van der Waals surface area contributed by atoms with Crippen LogP contribution in [0.15, 0.2) is 0 Å². The second kappa shape index (κ2) is 5.43. The molecular weight excluding hydrogens is 183 g/mol. The van der Waals surface area contributed by atoms with E-state index in [0.29, 0.717) is 0 Å². The van der Waals surface area contributed by atoms with Gasteiger partial charge in [0.25, 0.3) is 0 Å². The Hall–Kier alpha value is -0.220. The Balaban J connectivity index is 3.79. The van der Waals surface area contributed by atoms with E-state index in [2.05, 4.69) is 9.26 Å². The molecule has 12 heavy (non-hydrogen) atoms. The molecule has 0 aromatic carbocycles. The summed E-state index contributed by atoms with van der Waals surface area (Å²) in [5.41, 5.74) is 0. The van der Waals surface area contributed by atoms with Gasteiger partial charge in [-0.1, -0.05) is 0 Å². The molecule has 0 unspecified atom stereocenters. The summed E-state index contributed by atoms with van der Waals surface area (Å²) in [7, 11) is -3.78. The zero-order valence-corrected chi connectivity index (χ0v) is 8.24. The summed E-state index contributed by atoms with van der Waals surface area (Å²) >= 11 is 0. The van der Waals surface area contributed by atoms with Gasteiger partial charge in [0.05, 0.1) is 0 Å². The molecule has 0 aromatic rings. The van der Waals surface area contributed by atoms with Crippen molar-refractivity contribution in [2.75, 3.05) is 19.4 Å². The molecule has 6 heteroatoms. The van der Waals surface area contributed by atoms with Gasteiger partial charge in [-0.05, 0) is 0 Å². The zero-order valence-electron chi connectivity index (χ0n) is 7.24. The van der Waals surface area contributed by atoms with Gasteiger partial charge in [-0.3, -0.25) is 0 Å². The van der Waals surface area contributed by atoms with Crippen molar-refractivity contribution < 1.29 is 23.8 Å². The number of hydrogen-bond acceptors (Lipinski definition) is 5. The third-order valence-corrected chi connectivity index (χ3v) is 2.56. The molecule has 0 saturated heterocycles. The molecular formula is C6H15O5P. The number of rotatable bonds is 5. The first-order valence-electron chi connectivity index (χ1n) is 3.76. The fourth-order valence-corrected chi connectivity index (χ4v) is 1.72. The summed E-state index contributed by atoms with van der Waals surface area (Å²) < 4.78 is 9.12. The Morgan fingerprint density at radius 1 is 1.33 bits per heavy atom. The number of carbonyl (C=O) groups excluding carboxylic acids is 1. The van der Waals surface area contributed by atoms with E-state index in [-0.39, 0.29) is 13.2 Å². The van der Waals surface area contributed by atoms with Crippen molar-refractivity contribution in [1.29, 1.82) is 0 Å². The standard InChI is InChI=1S/C6H15O5P/c1-3-10-6(7)5-12(8,9)11-4-2/h8-9,12H,3-5H2,1-2H3. The quantitative estimate of drug-likeness (QED) is 0.482. The van der Waals surface area contributed by atoms with Gasteiger partial charge in [-0.25, -0.2) is 0 Å². The number of hydrogen-bond donors (Lipinski definition) is 2. The molecule has 0 heterocycles. The van der Waals surface area contributed by atoms with Crippen molar-refractivity contribution in [3.05, 3.63) is 0 Å². The van der Waals surface area contributed by atoms with E-state index in [1.165, 1.54) is 0 Å². The molecule has 0 aliphatic carbocycles. The molecule has 0 amide bonds. The van der Waals surface area contributed by atoms with Crippen LogP contribution in [0.25, 0.3) is 0 Å². The molecule has 0 aliphatic heterocycles. The molecule has 0 bridgehead atoms. The molecule has 0 aromatic heterocycles. The van der Waals surface area contributed by atoms with Crippen molar-refractivity contribution >= 4 is 13.9 Å². The van der Waals surface area contributed by atoms with Gasteiger partial charge in [-0.15, -0.1) is 0 Å². The number of ether oxygens (including phenoxy) is 1.